The van der Waals surface area contributed by atoms with Gasteiger partial charge in [0, 0.05) is 50.8 Å². The second kappa shape index (κ2) is 5.99. The van der Waals surface area contributed by atoms with Crippen molar-refractivity contribution in [3.8, 4) is 0 Å². The summed E-state index contributed by atoms with van der Waals surface area (Å²) in [6, 6.07) is 2.15. The van der Waals surface area contributed by atoms with Gasteiger partial charge >= 0.3 is 0 Å². The number of anilines is 1. The fourth-order valence-corrected chi connectivity index (χ4v) is 4.30. The van der Waals surface area contributed by atoms with Gasteiger partial charge in [0.1, 0.15) is 12.1 Å². The van der Waals surface area contributed by atoms with Gasteiger partial charge in [-0.2, -0.15) is 0 Å². The fourth-order valence-electron chi connectivity index (χ4n) is 4.30. The van der Waals surface area contributed by atoms with Gasteiger partial charge in [0.05, 0.1) is 6.10 Å². The number of rotatable bonds is 2. The number of hydrogen-bond donors (Lipinski definition) is 1. The zero-order valence-electron chi connectivity index (χ0n) is 14.3. The molecule has 1 aliphatic carbocycles. The third kappa shape index (κ3) is 3.11. The first-order chi connectivity index (χ1) is 11.5. The van der Waals surface area contributed by atoms with E-state index < -0.39 is 6.10 Å². The maximum atomic E-state index is 11.8. The average molecular weight is 330 g/mol. The lowest BCUT2D eigenvalue weighted by Gasteiger charge is -2.49. The molecular formula is C18H26N4O2. The normalized spacial score (nSPS) is 26.7. The zero-order chi connectivity index (χ0) is 16.7. The van der Waals surface area contributed by atoms with Crippen LogP contribution in [0.2, 0.25) is 0 Å². The van der Waals surface area contributed by atoms with Crippen molar-refractivity contribution in [3.63, 3.8) is 0 Å². The molecule has 3 fully saturated rings. The summed E-state index contributed by atoms with van der Waals surface area (Å²) in [5.41, 5.74) is 1.24. The highest BCUT2D eigenvalue weighted by Gasteiger charge is 2.42. The van der Waals surface area contributed by atoms with Crippen molar-refractivity contribution >= 4 is 11.7 Å². The van der Waals surface area contributed by atoms with Crippen LogP contribution >= 0.6 is 0 Å². The summed E-state index contributed by atoms with van der Waals surface area (Å²) >= 11 is 0. The van der Waals surface area contributed by atoms with Crippen molar-refractivity contribution in [2.45, 2.75) is 51.0 Å². The van der Waals surface area contributed by atoms with Gasteiger partial charge in [-0.15, -0.1) is 0 Å². The summed E-state index contributed by atoms with van der Waals surface area (Å²) in [7, 11) is 0. The largest absolute Gasteiger partial charge is 0.391 e. The Balaban J connectivity index is 1.44. The number of hydrogen-bond acceptors (Lipinski definition) is 5. The number of carbonyl (C=O) groups is 1. The first kappa shape index (κ1) is 15.8. The molecule has 1 atom stereocenters. The second-order valence-corrected chi connectivity index (χ2v) is 7.82. The zero-order valence-corrected chi connectivity index (χ0v) is 14.3. The van der Waals surface area contributed by atoms with Crippen molar-refractivity contribution in [2.75, 3.05) is 31.1 Å². The van der Waals surface area contributed by atoms with Gasteiger partial charge in [-0.25, -0.2) is 9.97 Å². The van der Waals surface area contributed by atoms with Crippen molar-refractivity contribution in [1.29, 1.82) is 0 Å². The van der Waals surface area contributed by atoms with E-state index in [1.54, 1.807) is 13.3 Å². The molecule has 0 radical (unpaired) electrons. The number of piperidine rings is 2. The SMILES string of the molecule is CC(=O)N1CC(O)CC2(CCN(c3cc(C4CC4)ncn3)CC2)C1. The first-order valence-electron chi connectivity index (χ1n) is 9.05. The molecule has 6 heteroatoms. The summed E-state index contributed by atoms with van der Waals surface area (Å²) in [4.78, 5) is 24.8. The van der Waals surface area contributed by atoms with Gasteiger partial charge in [0.15, 0.2) is 0 Å². The quantitative estimate of drug-likeness (QED) is 0.891. The predicted octanol–water partition coefficient (Wildman–Crippen LogP) is 1.55. The molecule has 1 aromatic rings. The van der Waals surface area contributed by atoms with Crippen LogP contribution in [0, 0.1) is 5.41 Å². The molecule has 1 saturated carbocycles. The van der Waals surface area contributed by atoms with Crippen LogP contribution in [0.15, 0.2) is 12.4 Å². The van der Waals surface area contributed by atoms with E-state index in [1.807, 2.05) is 4.90 Å². The molecule has 0 bridgehead atoms. The van der Waals surface area contributed by atoms with Crippen LogP contribution in [-0.2, 0) is 4.79 Å². The third-order valence-electron chi connectivity index (χ3n) is 5.89. The molecule has 6 nitrogen and oxygen atoms in total. The molecule has 24 heavy (non-hydrogen) atoms. The Labute approximate surface area is 142 Å². The Kier molecular flexibility index (Phi) is 3.95. The lowest BCUT2D eigenvalue weighted by Crippen LogP contribution is -2.55. The fraction of sp³-hybridized carbons (Fsp3) is 0.722. The molecule has 1 aromatic heterocycles. The highest BCUT2D eigenvalue weighted by molar-refractivity contribution is 5.73. The van der Waals surface area contributed by atoms with Gasteiger partial charge in [0.2, 0.25) is 5.91 Å². The highest BCUT2D eigenvalue weighted by atomic mass is 16.3. The first-order valence-corrected chi connectivity index (χ1v) is 9.05. The Morgan fingerprint density at radius 3 is 2.71 bits per heavy atom. The summed E-state index contributed by atoms with van der Waals surface area (Å²) in [6.07, 6.45) is 6.59. The van der Waals surface area contributed by atoms with E-state index in [0.29, 0.717) is 12.5 Å². The van der Waals surface area contributed by atoms with Gasteiger partial charge in [-0.3, -0.25) is 4.79 Å². The van der Waals surface area contributed by atoms with Crippen LogP contribution in [0.25, 0.3) is 0 Å². The molecule has 1 spiro atoms. The number of aliphatic hydroxyl groups is 1. The van der Waals surface area contributed by atoms with Crippen molar-refractivity contribution in [2.24, 2.45) is 5.41 Å². The van der Waals surface area contributed by atoms with E-state index in [-0.39, 0.29) is 11.3 Å². The van der Waals surface area contributed by atoms with E-state index in [2.05, 4.69) is 20.9 Å². The van der Waals surface area contributed by atoms with E-state index in [9.17, 15) is 9.90 Å². The Morgan fingerprint density at radius 1 is 1.29 bits per heavy atom. The van der Waals surface area contributed by atoms with E-state index in [1.165, 1.54) is 18.5 Å². The van der Waals surface area contributed by atoms with Gasteiger partial charge in [-0.1, -0.05) is 0 Å². The predicted molar refractivity (Wildman–Crippen MR) is 90.8 cm³/mol. The highest BCUT2D eigenvalue weighted by Crippen LogP contribution is 2.42. The van der Waals surface area contributed by atoms with Crippen LogP contribution in [0.5, 0.6) is 0 Å². The van der Waals surface area contributed by atoms with Crippen LogP contribution < -0.4 is 4.90 Å². The van der Waals surface area contributed by atoms with E-state index >= 15 is 0 Å². The maximum absolute atomic E-state index is 11.8. The van der Waals surface area contributed by atoms with Gasteiger partial charge < -0.3 is 14.9 Å². The standard InChI is InChI=1S/C18H26N4O2/c1-13(23)22-10-15(24)9-18(11-22)4-6-21(7-5-18)17-8-16(14-2-3-14)19-12-20-17/h8,12,14-15,24H,2-7,9-11H2,1H3. The third-order valence-corrected chi connectivity index (χ3v) is 5.89. The average Bonchev–Trinajstić information content (AvgIpc) is 3.40. The van der Waals surface area contributed by atoms with E-state index in [4.69, 9.17) is 0 Å². The van der Waals surface area contributed by atoms with Crippen LogP contribution in [0.1, 0.15) is 50.6 Å². The number of β-amino-alcohol motifs (C(OH)–C–C–N with tert-alkyl or cyclic N) is 1. The maximum Gasteiger partial charge on any atom is 0.219 e. The van der Waals surface area contributed by atoms with Gasteiger partial charge in [0.25, 0.3) is 0 Å². The number of nitrogens with zero attached hydrogens (tertiary/aromatic N) is 4. The number of aromatic nitrogens is 2. The monoisotopic (exact) mass is 330 g/mol. The topological polar surface area (TPSA) is 69.6 Å². The lowest BCUT2D eigenvalue weighted by atomic mass is 9.71. The molecule has 1 unspecified atom stereocenters. The lowest BCUT2D eigenvalue weighted by molar-refractivity contribution is -0.137. The Morgan fingerprint density at radius 2 is 2.04 bits per heavy atom. The van der Waals surface area contributed by atoms with Crippen LogP contribution in [0.4, 0.5) is 5.82 Å². The van der Waals surface area contributed by atoms with Crippen LogP contribution in [0.3, 0.4) is 0 Å². The number of aliphatic hydroxyl groups excluding tert-OH is 1. The summed E-state index contributed by atoms with van der Waals surface area (Å²) in [5, 5.41) is 10.2. The summed E-state index contributed by atoms with van der Waals surface area (Å²) < 4.78 is 0. The molecule has 1 amide bonds. The molecule has 4 rings (SSSR count). The van der Waals surface area contributed by atoms with Gasteiger partial charge in [-0.05, 0) is 37.5 Å². The minimum atomic E-state index is -0.394. The molecule has 3 aliphatic rings. The molecule has 1 N–H and O–H groups in total. The number of carbonyl (C=O) groups excluding carboxylic acids is 1. The van der Waals surface area contributed by atoms with Crippen molar-refractivity contribution < 1.29 is 9.90 Å². The molecular weight excluding hydrogens is 304 g/mol. The Bertz CT molecular complexity index is 623. The van der Waals surface area contributed by atoms with Crippen molar-refractivity contribution in [3.05, 3.63) is 18.1 Å². The molecule has 0 aromatic carbocycles. The molecule has 2 saturated heterocycles. The number of amides is 1. The second-order valence-electron chi connectivity index (χ2n) is 7.82. The molecule has 3 heterocycles. The minimum Gasteiger partial charge on any atom is -0.391 e. The summed E-state index contributed by atoms with van der Waals surface area (Å²) in [5.74, 6) is 1.74. The smallest absolute Gasteiger partial charge is 0.219 e. The molecule has 2 aliphatic heterocycles. The minimum absolute atomic E-state index is 0.0617. The van der Waals surface area contributed by atoms with Crippen LogP contribution in [-0.4, -0.2) is 58.2 Å². The van der Waals surface area contributed by atoms with E-state index in [0.717, 1.165) is 44.7 Å². The Hall–Kier alpha value is -1.69. The molecule has 130 valence electrons. The summed E-state index contributed by atoms with van der Waals surface area (Å²) in [6.45, 7) is 4.72. The number of likely N-dealkylation sites (tertiary alicyclic amines) is 1. The van der Waals surface area contributed by atoms with Crippen molar-refractivity contribution in [1.82, 2.24) is 14.9 Å².